The van der Waals surface area contributed by atoms with E-state index in [4.69, 9.17) is 15.3 Å². The molecular weight excluding hydrogens is 492 g/mol. The molecule has 0 radical (unpaired) electrons. The van der Waals surface area contributed by atoms with Gasteiger partial charge in [-0.15, -0.1) is 0 Å². The Kier molecular flexibility index (Phi) is 41.5. The van der Waals surface area contributed by atoms with Gasteiger partial charge in [0.1, 0.15) is 0 Å². The lowest BCUT2D eigenvalue weighted by molar-refractivity contribution is -0.138. The highest BCUT2D eigenvalue weighted by atomic mass is 16.4. The normalized spacial score (nSPS) is 10.2. The Labute approximate surface area is 242 Å². The third kappa shape index (κ3) is 66.8. The lowest BCUT2D eigenvalue weighted by atomic mass is 9.94. The van der Waals surface area contributed by atoms with E-state index in [0.717, 1.165) is 38.5 Å². The zero-order valence-electron chi connectivity index (χ0n) is 27.1. The van der Waals surface area contributed by atoms with Crippen LogP contribution in [0.1, 0.15) is 190 Å². The summed E-state index contributed by atoms with van der Waals surface area (Å²) in [5.74, 6) is -2.00. The molecule has 0 rings (SSSR count). The van der Waals surface area contributed by atoms with Crippen LogP contribution in [0.4, 0.5) is 0 Å². The molecule has 6 heteroatoms. The Morgan fingerprint density at radius 1 is 0.410 bits per heavy atom. The average molecular weight is 561 g/mol. The number of unbranched alkanes of at least 4 members (excludes halogenated alkanes) is 15. The first-order chi connectivity index (χ1) is 18.4. The summed E-state index contributed by atoms with van der Waals surface area (Å²) in [6, 6.07) is 0. The third-order valence-corrected chi connectivity index (χ3v) is 6.29. The fourth-order valence-corrected chi connectivity index (χ4v) is 3.17. The van der Waals surface area contributed by atoms with E-state index in [1.54, 1.807) is 0 Å². The lowest BCUT2D eigenvalue weighted by Crippen LogP contribution is -2.00. The van der Waals surface area contributed by atoms with Gasteiger partial charge in [-0.3, -0.25) is 14.4 Å². The van der Waals surface area contributed by atoms with E-state index in [1.807, 2.05) is 0 Å². The van der Waals surface area contributed by atoms with E-state index in [2.05, 4.69) is 48.5 Å². The molecule has 0 aliphatic heterocycles. The second kappa shape index (κ2) is 36.4. The predicted octanol–water partition coefficient (Wildman–Crippen LogP) is 10.9. The smallest absolute Gasteiger partial charge is 0.303 e. The van der Waals surface area contributed by atoms with Crippen molar-refractivity contribution >= 4 is 17.9 Å². The van der Waals surface area contributed by atoms with E-state index in [0.29, 0.717) is 24.7 Å². The third-order valence-electron chi connectivity index (χ3n) is 6.29. The van der Waals surface area contributed by atoms with E-state index in [9.17, 15) is 14.4 Å². The summed E-state index contributed by atoms with van der Waals surface area (Å²) >= 11 is 0. The molecule has 0 saturated heterocycles. The highest BCUT2D eigenvalue weighted by Crippen LogP contribution is 2.16. The van der Waals surface area contributed by atoms with Crippen LogP contribution in [0.25, 0.3) is 0 Å². The molecule has 0 aliphatic carbocycles. The number of rotatable bonds is 21. The number of carbonyl (C=O) groups is 3. The van der Waals surface area contributed by atoms with E-state index in [1.165, 1.54) is 83.5 Å². The fourth-order valence-electron chi connectivity index (χ4n) is 3.17. The van der Waals surface area contributed by atoms with E-state index < -0.39 is 17.9 Å². The van der Waals surface area contributed by atoms with Crippen LogP contribution in [0.3, 0.4) is 0 Å². The monoisotopic (exact) mass is 561 g/mol. The minimum atomic E-state index is -0.666. The summed E-state index contributed by atoms with van der Waals surface area (Å²) in [5.41, 5.74) is 0.542. The molecule has 0 atom stereocenters. The molecule has 236 valence electrons. The van der Waals surface area contributed by atoms with E-state index in [-0.39, 0.29) is 0 Å². The van der Waals surface area contributed by atoms with Crippen molar-refractivity contribution in [1.82, 2.24) is 0 Å². The van der Waals surface area contributed by atoms with Crippen LogP contribution < -0.4 is 0 Å². The quantitative estimate of drug-likeness (QED) is 0.120. The van der Waals surface area contributed by atoms with Gasteiger partial charge in [0.05, 0.1) is 0 Å². The topological polar surface area (TPSA) is 112 Å². The van der Waals surface area contributed by atoms with Crippen molar-refractivity contribution in [3.05, 3.63) is 0 Å². The maximum atomic E-state index is 10.1. The molecule has 0 aromatic rings. The minimum Gasteiger partial charge on any atom is -0.481 e. The number of hydrogen-bond donors (Lipinski definition) is 3. The van der Waals surface area contributed by atoms with Crippen LogP contribution in [0.5, 0.6) is 0 Å². The Bertz CT molecular complexity index is 449. The van der Waals surface area contributed by atoms with Crippen LogP contribution in [0, 0.1) is 5.41 Å². The van der Waals surface area contributed by atoms with Gasteiger partial charge in [-0.2, -0.15) is 0 Å². The van der Waals surface area contributed by atoms with Gasteiger partial charge in [0.2, 0.25) is 0 Å². The molecule has 39 heavy (non-hydrogen) atoms. The Morgan fingerprint density at radius 2 is 0.590 bits per heavy atom. The molecule has 0 unspecified atom stereocenters. The molecule has 0 aromatic heterocycles. The first-order valence-electron chi connectivity index (χ1n) is 16.0. The summed E-state index contributed by atoms with van der Waals surface area (Å²) in [5, 5.41) is 24.9. The highest BCUT2D eigenvalue weighted by molar-refractivity contribution is 5.67. The molecule has 6 nitrogen and oxygen atoms in total. The van der Waals surface area contributed by atoms with Gasteiger partial charge in [0.15, 0.2) is 0 Å². The van der Waals surface area contributed by atoms with Crippen LogP contribution in [0.15, 0.2) is 0 Å². The summed E-state index contributed by atoms with van der Waals surface area (Å²) in [6.07, 6.45) is 23.0. The second-order valence-corrected chi connectivity index (χ2v) is 11.6. The molecule has 0 heterocycles. The maximum Gasteiger partial charge on any atom is 0.303 e. The van der Waals surface area contributed by atoms with Crippen LogP contribution in [0.2, 0.25) is 0 Å². The molecule has 0 amide bonds. The number of aliphatic carboxylic acids is 3. The Morgan fingerprint density at radius 3 is 0.744 bits per heavy atom. The summed E-state index contributed by atoms with van der Waals surface area (Å²) in [4.78, 5) is 30.3. The second-order valence-electron chi connectivity index (χ2n) is 11.6. The zero-order chi connectivity index (χ0) is 30.8. The van der Waals surface area contributed by atoms with Crippen LogP contribution >= 0.6 is 0 Å². The molecular formula is C33H68O6. The van der Waals surface area contributed by atoms with Crippen molar-refractivity contribution < 1.29 is 29.7 Å². The zero-order valence-corrected chi connectivity index (χ0v) is 27.1. The summed E-state index contributed by atoms with van der Waals surface area (Å²) < 4.78 is 0. The summed E-state index contributed by atoms with van der Waals surface area (Å²) in [7, 11) is 0. The van der Waals surface area contributed by atoms with E-state index >= 15 is 0 Å². The van der Waals surface area contributed by atoms with Crippen molar-refractivity contribution in [2.45, 2.75) is 190 Å². The first-order valence-corrected chi connectivity index (χ1v) is 16.0. The van der Waals surface area contributed by atoms with Crippen molar-refractivity contribution in [2.75, 3.05) is 0 Å². The van der Waals surface area contributed by atoms with Crippen molar-refractivity contribution in [2.24, 2.45) is 5.41 Å². The Balaban J connectivity index is -0.000000214. The Hall–Kier alpha value is -1.59. The number of carboxylic acid groups (broad SMARTS) is 3. The molecule has 0 spiro atoms. The fraction of sp³-hybridized carbons (Fsp3) is 0.909. The van der Waals surface area contributed by atoms with Gasteiger partial charge < -0.3 is 15.3 Å². The highest BCUT2D eigenvalue weighted by Gasteiger charge is 2.03. The largest absolute Gasteiger partial charge is 0.481 e. The van der Waals surface area contributed by atoms with Crippen molar-refractivity contribution in [3.8, 4) is 0 Å². The van der Waals surface area contributed by atoms with Gasteiger partial charge in [-0.25, -0.2) is 0 Å². The van der Waals surface area contributed by atoms with Gasteiger partial charge in [0, 0.05) is 19.3 Å². The lowest BCUT2D eigenvalue weighted by Gasteiger charge is -2.12. The van der Waals surface area contributed by atoms with Gasteiger partial charge >= 0.3 is 17.9 Å². The SMILES string of the molecule is CCC(C)(C)C.CCCCCCCCC(=O)O.CCCCCCCCC(=O)O.CCCCCCCCC(=O)O. The van der Waals surface area contributed by atoms with Crippen LogP contribution in [-0.2, 0) is 14.4 Å². The molecule has 0 aliphatic rings. The predicted molar refractivity (Wildman–Crippen MR) is 167 cm³/mol. The van der Waals surface area contributed by atoms with Gasteiger partial charge in [-0.05, 0) is 24.7 Å². The van der Waals surface area contributed by atoms with Crippen molar-refractivity contribution in [3.63, 3.8) is 0 Å². The molecule has 0 fully saturated rings. The first kappa shape index (κ1) is 44.4. The molecule has 0 aromatic carbocycles. The van der Waals surface area contributed by atoms with Crippen molar-refractivity contribution in [1.29, 1.82) is 0 Å². The molecule has 3 N–H and O–H groups in total. The summed E-state index contributed by atoms with van der Waals surface area (Å²) in [6.45, 7) is 15.5. The average Bonchev–Trinajstić information content (AvgIpc) is 2.86. The number of hydrogen-bond acceptors (Lipinski definition) is 3. The standard InChI is InChI=1S/3C9H18O2.C6H14/c3*1-2-3-4-5-6-7-8-9(10)11;1-5-6(2,3)4/h3*2-8H2,1H3,(H,10,11);5H2,1-4H3. The minimum absolute atomic E-state index is 0.339. The van der Waals surface area contributed by atoms with Gasteiger partial charge in [-0.1, -0.05) is 151 Å². The molecule has 0 saturated carbocycles. The number of carboxylic acids is 3. The maximum absolute atomic E-state index is 10.1. The van der Waals surface area contributed by atoms with Crippen LogP contribution in [-0.4, -0.2) is 33.2 Å². The molecule has 0 bridgehead atoms. The van der Waals surface area contributed by atoms with Gasteiger partial charge in [0.25, 0.3) is 0 Å².